The maximum Gasteiger partial charge on any atom is 0.335 e. The fraction of sp³-hybridized carbons (Fsp3) is 0.267. The van der Waals surface area contributed by atoms with Crippen LogP contribution in [0.3, 0.4) is 0 Å². The molecule has 1 heterocycles. The number of fused-ring (bicyclic) bond motifs is 1. The summed E-state index contributed by atoms with van der Waals surface area (Å²) in [6.45, 7) is 6.21. The van der Waals surface area contributed by atoms with E-state index < -0.39 is 17.8 Å². The first-order valence-corrected chi connectivity index (χ1v) is 6.37. The SMILES string of the molecule is C=C(C)COCCN1C(=O)c2ccc(C(=O)O)cc2C1=O. The zero-order valence-electron chi connectivity index (χ0n) is 11.6. The smallest absolute Gasteiger partial charge is 0.335 e. The van der Waals surface area contributed by atoms with Gasteiger partial charge >= 0.3 is 5.97 Å². The fourth-order valence-corrected chi connectivity index (χ4v) is 2.03. The Kier molecular flexibility index (Phi) is 4.18. The number of hydrogen-bond acceptors (Lipinski definition) is 4. The number of rotatable bonds is 6. The molecule has 6 heteroatoms. The minimum absolute atomic E-state index is 0.0183. The highest BCUT2D eigenvalue weighted by Crippen LogP contribution is 2.23. The van der Waals surface area contributed by atoms with Crippen LogP contribution in [-0.4, -0.2) is 47.5 Å². The number of amides is 2. The average molecular weight is 289 g/mol. The first kappa shape index (κ1) is 14.9. The molecule has 2 amide bonds. The highest BCUT2D eigenvalue weighted by Gasteiger charge is 2.35. The third kappa shape index (κ3) is 3.00. The highest BCUT2D eigenvalue weighted by molar-refractivity contribution is 6.21. The van der Waals surface area contributed by atoms with E-state index in [1.165, 1.54) is 18.2 Å². The van der Waals surface area contributed by atoms with Crippen LogP contribution in [0.2, 0.25) is 0 Å². The van der Waals surface area contributed by atoms with Gasteiger partial charge in [-0.25, -0.2) is 4.79 Å². The predicted molar refractivity (Wildman–Crippen MR) is 74.4 cm³/mol. The zero-order valence-corrected chi connectivity index (χ0v) is 11.6. The molecule has 0 saturated carbocycles. The van der Waals surface area contributed by atoms with Crippen LogP contribution in [0.5, 0.6) is 0 Å². The summed E-state index contributed by atoms with van der Waals surface area (Å²) in [7, 11) is 0. The van der Waals surface area contributed by atoms with Crippen LogP contribution >= 0.6 is 0 Å². The molecule has 1 aromatic carbocycles. The lowest BCUT2D eigenvalue weighted by atomic mass is 10.1. The third-order valence-corrected chi connectivity index (χ3v) is 3.03. The number of nitrogens with zero attached hydrogens (tertiary/aromatic N) is 1. The number of hydrogen-bond donors (Lipinski definition) is 1. The maximum absolute atomic E-state index is 12.1. The van der Waals surface area contributed by atoms with Crippen LogP contribution in [0, 0.1) is 0 Å². The lowest BCUT2D eigenvalue weighted by Crippen LogP contribution is -2.33. The van der Waals surface area contributed by atoms with E-state index in [-0.39, 0.29) is 29.8 Å². The van der Waals surface area contributed by atoms with Gasteiger partial charge in [0.05, 0.1) is 36.4 Å². The summed E-state index contributed by atoms with van der Waals surface area (Å²) in [6, 6.07) is 3.91. The van der Waals surface area contributed by atoms with Gasteiger partial charge in [-0.05, 0) is 25.1 Å². The van der Waals surface area contributed by atoms with Crippen molar-refractivity contribution in [3.05, 3.63) is 47.0 Å². The van der Waals surface area contributed by atoms with Gasteiger partial charge in [-0.1, -0.05) is 12.2 Å². The Bertz CT molecular complexity index is 635. The summed E-state index contributed by atoms with van der Waals surface area (Å²) >= 11 is 0. The van der Waals surface area contributed by atoms with Gasteiger partial charge in [0.1, 0.15) is 0 Å². The zero-order chi connectivity index (χ0) is 15.6. The van der Waals surface area contributed by atoms with Crippen LogP contribution < -0.4 is 0 Å². The average Bonchev–Trinajstić information content (AvgIpc) is 2.67. The van der Waals surface area contributed by atoms with Crippen molar-refractivity contribution in [3.8, 4) is 0 Å². The number of carboxylic acid groups (broad SMARTS) is 1. The molecule has 0 saturated heterocycles. The summed E-state index contributed by atoms with van der Waals surface area (Å²) < 4.78 is 5.27. The van der Waals surface area contributed by atoms with E-state index in [9.17, 15) is 14.4 Å². The molecule has 1 aliphatic rings. The highest BCUT2D eigenvalue weighted by atomic mass is 16.5. The number of imide groups is 1. The molecule has 0 spiro atoms. The van der Waals surface area contributed by atoms with Crippen molar-refractivity contribution in [2.24, 2.45) is 0 Å². The Morgan fingerprint density at radius 1 is 1.29 bits per heavy atom. The van der Waals surface area contributed by atoms with E-state index in [1.54, 1.807) is 0 Å². The Morgan fingerprint density at radius 2 is 1.95 bits per heavy atom. The van der Waals surface area contributed by atoms with Gasteiger partial charge in [0.2, 0.25) is 0 Å². The topological polar surface area (TPSA) is 83.9 Å². The number of carbonyl (C=O) groups excluding carboxylic acids is 2. The first-order chi connectivity index (χ1) is 9.91. The maximum atomic E-state index is 12.1. The van der Waals surface area contributed by atoms with Crippen molar-refractivity contribution >= 4 is 17.8 Å². The molecule has 1 N–H and O–H groups in total. The largest absolute Gasteiger partial charge is 0.478 e. The number of aromatic carboxylic acids is 1. The summed E-state index contributed by atoms with van der Waals surface area (Å²) in [5.74, 6) is -2.05. The Balaban J connectivity index is 2.11. The van der Waals surface area contributed by atoms with E-state index in [4.69, 9.17) is 9.84 Å². The normalized spacial score (nSPS) is 13.5. The second kappa shape index (κ2) is 5.88. The molecule has 0 atom stereocenters. The number of ether oxygens (including phenoxy) is 1. The van der Waals surface area contributed by atoms with Crippen molar-refractivity contribution in [1.29, 1.82) is 0 Å². The standard InChI is InChI=1S/C15H15NO5/c1-9(2)8-21-6-5-16-13(17)11-4-3-10(15(19)20)7-12(11)14(16)18/h3-4,7H,1,5-6,8H2,2H3,(H,19,20). The summed E-state index contributed by atoms with van der Waals surface area (Å²) in [5.41, 5.74) is 1.18. The van der Waals surface area contributed by atoms with Crippen LogP contribution in [0.4, 0.5) is 0 Å². The van der Waals surface area contributed by atoms with Gasteiger partial charge in [0.15, 0.2) is 0 Å². The quantitative estimate of drug-likeness (QED) is 0.488. The minimum atomic E-state index is -1.14. The van der Waals surface area contributed by atoms with E-state index in [0.29, 0.717) is 6.61 Å². The molecule has 1 aromatic rings. The van der Waals surface area contributed by atoms with Crippen molar-refractivity contribution in [2.75, 3.05) is 19.8 Å². The van der Waals surface area contributed by atoms with Crippen molar-refractivity contribution < 1.29 is 24.2 Å². The van der Waals surface area contributed by atoms with Gasteiger partial charge in [0, 0.05) is 0 Å². The van der Waals surface area contributed by atoms with E-state index in [1.807, 2.05) is 6.92 Å². The lowest BCUT2D eigenvalue weighted by molar-refractivity contribution is 0.0581. The van der Waals surface area contributed by atoms with Crippen LogP contribution in [-0.2, 0) is 4.74 Å². The molecule has 0 bridgehead atoms. The Labute approximate surface area is 121 Å². The molecular weight excluding hydrogens is 274 g/mol. The van der Waals surface area contributed by atoms with Gasteiger partial charge < -0.3 is 9.84 Å². The number of carbonyl (C=O) groups is 3. The molecule has 110 valence electrons. The molecule has 0 unspecified atom stereocenters. The fourth-order valence-electron chi connectivity index (χ4n) is 2.03. The molecule has 0 aliphatic carbocycles. The molecular formula is C15H15NO5. The van der Waals surface area contributed by atoms with Gasteiger partial charge in [-0.3, -0.25) is 14.5 Å². The van der Waals surface area contributed by atoms with Crippen molar-refractivity contribution in [3.63, 3.8) is 0 Å². The third-order valence-electron chi connectivity index (χ3n) is 3.03. The second-order valence-corrected chi connectivity index (χ2v) is 4.84. The molecule has 1 aliphatic heterocycles. The van der Waals surface area contributed by atoms with Gasteiger partial charge in [0.25, 0.3) is 11.8 Å². The van der Waals surface area contributed by atoms with Crippen molar-refractivity contribution in [1.82, 2.24) is 4.90 Å². The first-order valence-electron chi connectivity index (χ1n) is 6.37. The van der Waals surface area contributed by atoms with E-state index in [2.05, 4.69) is 6.58 Å². The summed E-state index contributed by atoms with van der Waals surface area (Å²) in [4.78, 5) is 36.2. The summed E-state index contributed by atoms with van der Waals surface area (Å²) in [6.07, 6.45) is 0. The second-order valence-electron chi connectivity index (χ2n) is 4.84. The monoisotopic (exact) mass is 289 g/mol. The van der Waals surface area contributed by atoms with Gasteiger partial charge in [-0.2, -0.15) is 0 Å². The molecule has 0 radical (unpaired) electrons. The van der Waals surface area contributed by atoms with Gasteiger partial charge in [-0.15, -0.1) is 0 Å². The number of benzene rings is 1. The molecule has 21 heavy (non-hydrogen) atoms. The van der Waals surface area contributed by atoms with Crippen LogP contribution in [0.15, 0.2) is 30.4 Å². The molecule has 0 fully saturated rings. The minimum Gasteiger partial charge on any atom is -0.478 e. The number of carboxylic acids is 1. The molecule has 2 rings (SSSR count). The lowest BCUT2D eigenvalue weighted by Gasteiger charge is -2.13. The molecule has 0 aromatic heterocycles. The van der Waals surface area contributed by atoms with E-state index >= 15 is 0 Å². The Hall–Kier alpha value is -2.47. The van der Waals surface area contributed by atoms with Crippen LogP contribution in [0.25, 0.3) is 0 Å². The van der Waals surface area contributed by atoms with Crippen molar-refractivity contribution in [2.45, 2.75) is 6.92 Å². The Morgan fingerprint density at radius 3 is 2.57 bits per heavy atom. The van der Waals surface area contributed by atoms with Crippen LogP contribution in [0.1, 0.15) is 38.0 Å². The predicted octanol–water partition coefficient (Wildman–Crippen LogP) is 1.57. The van der Waals surface area contributed by atoms with E-state index in [0.717, 1.165) is 10.5 Å². The molecule has 6 nitrogen and oxygen atoms in total. The summed E-state index contributed by atoms with van der Waals surface area (Å²) in [5, 5.41) is 8.92.